The number of ether oxygens (including phenoxy) is 1. The number of methoxy groups -OCH3 is 1. The maximum absolute atomic E-state index is 12.7. The molecule has 0 saturated carbocycles. The van der Waals surface area contributed by atoms with Gasteiger partial charge in [-0.1, -0.05) is 12.1 Å². The number of nitrogens with zero attached hydrogens (tertiary/aromatic N) is 1. The Morgan fingerprint density at radius 2 is 1.79 bits per heavy atom. The predicted octanol–water partition coefficient (Wildman–Crippen LogP) is 2.90. The summed E-state index contributed by atoms with van der Waals surface area (Å²) in [5.74, 6) is 0.580. The molecular weight excluding hydrogens is 376 g/mol. The topological polar surface area (TPSA) is 75.7 Å². The van der Waals surface area contributed by atoms with Gasteiger partial charge in [0.05, 0.1) is 12.0 Å². The number of aryl methyl sites for hydroxylation is 2. The number of carbonyl (C=O) groups is 1. The van der Waals surface area contributed by atoms with Crippen LogP contribution >= 0.6 is 0 Å². The van der Waals surface area contributed by atoms with E-state index in [9.17, 15) is 13.2 Å². The third-order valence-electron chi connectivity index (χ3n) is 5.21. The summed E-state index contributed by atoms with van der Waals surface area (Å²) in [7, 11) is -2.00. The Labute approximate surface area is 166 Å². The molecule has 1 fully saturated rings. The van der Waals surface area contributed by atoms with Gasteiger partial charge in [0.2, 0.25) is 10.0 Å². The highest BCUT2D eigenvalue weighted by molar-refractivity contribution is 7.89. The summed E-state index contributed by atoms with van der Waals surface area (Å²) in [4.78, 5) is 14.7. The number of amides is 1. The van der Waals surface area contributed by atoms with Crippen molar-refractivity contribution >= 4 is 15.9 Å². The van der Waals surface area contributed by atoms with E-state index in [1.807, 2.05) is 19.9 Å². The first-order valence-electron chi connectivity index (χ1n) is 9.33. The van der Waals surface area contributed by atoms with Gasteiger partial charge in [-0.2, -0.15) is 0 Å². The largest absolute Gasteiger partial charge is 0.497 e. The molecule has 0 radical (unpaired) electrons. The van der Waals surface area contributed by atoms with Crippen molar-refractivity contribution in [3.05, 3.63) is 59.2 Å². The van der Waals surface area contributed by atoms with Crippen molar-refractivity contribution in [1.82, 2.24) is 9.62 Å². The average Bonchev–Trinajstić information content (AvgIpc) is 2.69. The minimum atomic E-state index is -3.57. The summed E-state index contributed by atoms with van der Waals surface area (Å²) >= 11 is 0. The number of hydrogen-bond donors (Lipinski definition) is 1. The van der Waals surface area contributed by atoms with Gasteiger partial charge in [0.1, 0.15) is 5.75 Å². The number of sulfonamides is 1. The zero-order chi connectivity index (χ0) is 20.3. The van der Waals surface area contributed by atoms with E-state index >= 15 is 0 Å². The van der Waals surface area contributed by atoms with E-state index in [4.69, 9.17) is 4.74 Å². The fourth-order valence-electron chi connectivity index (χ4n) is 3.31. The number of carbonyl (C=O) groups excluding carboxylic acids is 1. The fourth-order valence-corrected chi connectivity index (χ4v) is 4.70. The Bertz CT molecular complexity index is 964. The first-order valence-corrected chi connectivity index (χ1v) is 10.8. The second-order valence-electron chi connectivity index (χ2n) is 7.17. The predicted molar refractivity (Wildman–Crippen MR) is 108 cm³/mol. The van der Waals surface area contributed by atoms with Crippen LogP contribution in [-0.2, 0) is 10.0 Å². The Morgan fingerprint density at radius 3 is 2.43 bits per heavy atom. The number of likely N-dealkylation sites (tertiary alicyclic amines) is 1. The van der Waals surface area contributed by atoms with Gasteiger partial charge in [0, 0.05) is 24.7 Å². The van der Waals surface area contributed by atoms with Crippen LogP contribution in [0.1, 0.15) is 34.3 Å². The first kappa shape index (κ1) is 20.4. The molecular formula is C21H26N2O4S. The van der Waals surface area contributed by atoms with Crippen LogP contribution in [0, 0.1) is 13.8 Å². The molecule has 1 aliphatic rings. The monoisotopic (exact) mass is 402 g/mol. The van der Waals surface area contributed by atoms with Gasteiger partial charge in [0.25, 0.3) is 5.91 Å². The molecule has 28 heavy (non-hydrogen) atoms. The molecule has 0 atom stereocenters. The Morgan fingerprint density at radius 1 is 1.07 bits per heavy atom. The molecule has 0 aliphatic carbocycles. The van der Waals surface area contributed by atoms with E-state index in [0.29, 0.717) is 37.2 Å². The summed E-state index contributed by atoms with van der Waals surface area (Å²) < 4.78 is 33.3. The molecule has 2 aromatic carbocycles. The number of hydrogen-bond acceptors (Lipinski definition) is 4. The van der Waals surface area contributed by atoms with Crippen LogP contribution in [0.15, 0.2) is 47.4 Å². The molecule has 0 unspecified atom stereocenters. The van der Waals surface area contributed by atoms with E-state index in [1.54, 1.807) is 48.4 Å². The van der Waals surface area contributed by atoms with Gasteiger partial charge in [0.15, 0.2) is 0 Å². The number of nitrogens with one attached hydrogen (secondary N) is 1. The summed E-state index contributed by atoms with van der Waals surface area (Å²) in [5.41, 5.74) is 2.58. The smallest absolute Gasteiger partial charge is 0.253 e. The van der Waals surface area contributed by atoms with Crippen molar-refractivity contribution in [2.75, 3.05) is 20.2 Å². The van der Waals surface area contributed by atoms with Gasteiger partial charge in [-0.05, 0) is 68.1 Å². The van der Waals surface area contributed by atoms with Gasteiger partial charge in [-0.15, -0.1) is 0 Å². The molecule has 2 aromatic rings. The van der Waals surface area contributed by atoms with Gasteiger partial charge in [-0.25, -0.2) is 13.1 Å². The van der Waals surface area contributed by atoms with E-state index in [-0.39, 0.29) is 16.8 Å². The van der Waals surface area contributed by atoms with Crippen molar-refractivity contribution in [2.45, 2.75) is 37.6 Å². The van der Waals surface area contributed by atoms with E-state index in [2.05, 4.69) is 4.72 Å². The lowest BCUT2D eigenvalue weighted by molar-refractivity contribution is 0.0711. The van der Waals surface area contributed by atoms with Gasteiger partial charge < -0.3 is 9.64 Å². The molecule has 0 aromatic heterocycles. The normalized spacial score (nSPS) is 15.5. The third kappa shape index (κ3) is 4.54. The zero-order valence-corrected chi connectivity index (χ0v) is 17.3. The number of benzene rings is 2. The van der Waals surface area contributed by atoms with Crippen LogP contribution < -0.4 is 9.46 Å². The third-order valence-corrected chi connectivity index (χ3v) is 6.73. The second kappa shape index (κ2) is 8.32. The molecule has 1 amide bonds. The maximum Gasteiger partial charge on any atom is 0.253 e. The molecule has 150 valence electrons. The summed E-state index contributed by atoms with van der Waals surface area (Å²) in [6.45, 7) is 4.87. The van der Waals surface area contributed by atoms with Crippen molar-refractivity contribution < 1.29 is 17.9 Å². The molecule has 1 aliphatic heterocycles. The van der Waals surface area contributed by atoms with E-state index in [0.717, 1.165) is 11.1 Å². The lowest BCUT2D eigenvalue weighted by Gasteiger charge is -2.32. The molecule has 0 spiro atoms. The van der Waals surface area contributed by atoms with Crippen LogP contribution in [0.3, 0.4) is 0 Å². The SMILES string of the molecule is COc1cccc(C(=O)N2CCC(NS(=O)(=O)c3ccc(C)c(C)c3)CC2)c1. The molecule has 0 bridgehead atoms. The highest BCUT2D eigenvalue weighted by atomic mass is 32.2. The van der Waals surface area contributed by atoms with Gasteiger partial charge in [-0.3, -0.25) is 4.79 Å². The molecule has 1 saturated heterocycles. The van der Waals surface area contributed by atoms with Crippen molar-refractivity contribution in [3.8, 4) is 5.75 Å². The standard InChI is InChI=1S/C21H26N2O4S/c1-15-7-8-20(13-16(15)2)28(25,26)22-18-9-11-23(12-10-18)21(24)17-5-4-6-19(14-17)27-3/h4-8,13-14,18,22H,9-12H2,1-3H3. The zero-order valence-electron chi connectivity index (χ0n) is 16.4. The molecule has 1 heterocycles. The van der Waals surface area contributed by atoms with E-state index in [1.165, 1.54) is 0 Å². The summed E-state index contributed by atoms with van der Waals surface area (Å²) in [5, 5.41) is 0. The minimum absolute atomic E-state index is 0.0608. The molecule has 3 rings (SSSR count). The fraction of sp³-hybridized carbons (Fsp3) is 0.381. The van der Waals surface area contributed by atoms with Crippen LogP contribution in [-0.4, -0.2) is 45.5 Å². The average molecular weight is 403 g/mol. The Hall–Kier alpha value is -2.38. The number of rotatable bonds is 5. The second-order valence-corrected chi connectivity index (χ2v) is 8.88. The lowest BCUT2D eigenvalue weighted by atomic mass is 10.0. The van der Waals surface area contributed by atoms with Gasteiger partial charge >= 0.3 is 0 Å². The summed E-state index contributed by atoms with van der Waals surface area (Å²) in [6.07, 6.45) is 1.17. The molecule has 1 N–H and O–H groups in total. The quantitative estimate of drug-likeness (QED) is 0.834. The molecule has 6 nitrogen and oxygen atoms in total. The Balaban J connectivity index is 1.61. The van der Waals surface area contributed by atoms with Crippen LogP contribution in [0.5, 0.6) is 5.75 Å². The minimum Gasteiger partial charge on any atom is -0.497 e. The maximum atomic E-state index is 12.7. The van der Waals surface area contributed by atoms with Crippen LogP contribution in [0.25, 0.3) is 0 Å². The van der Waals surface area contributed by atoms with Crippen molar-refractivity contribution in [2.24, 2.45) is 0 Å². The highest BCUT2D eigenvalue weighted by Gasteiger charge is 2.27. The number of piperidine rings is 1. The molecule has 7 heteroatoms. The van der Waals surface area contributed by atoms with Crippen molar-refractivity contribution in [3.63, 3.8) is 0 Å². The lowest BCUT2D eigenvalue weighted by Crippen LogP contribution is -2.46. The van der Waals surface area contributed by atoms with Crippen LogP contribution in [0.2, 0.25) is 0 Å². The summed E-state index contributed by atoms with van der Waals surface area (Å²) in [6, 6.07) is 12.0. The first-order chi connectivity index (χ1) is 13.3. The van der Waals surface area contributed by atoms with Crippen molar-refractivity contribution in [1.29, 1.82) is 0 Å². The Kier molecular flexibility index (Phi) is 6.05. The highest BCUT2D eigenvalue weighted by Crippen LogP contribution is 2.20. The van der Waals surface area contributed by atoms with E-state index < -0.39 is 10.0 Å². The van der Waals surface area contributed by atoms with Crippen LogP contribution in [0.4, 0.5) is 0 Å².